The third-order valence-corrected chi connectivity index (χ3v) is 2.79. The Bertz CT molecular complexity index is 518. The van der Waals surface area contributed by atoms with Crippen LogP contribution >= 0.6 is 15.9 Å². The van der Waals surface area contributed by atoms with Crippen molar-refractivity contribution < 1.29 is 14.3 Å². The smallest absolute Gasteiger partial charge is 0.407 e. The fourth-order valence-electron chi connectivity index (χ4n) is 1.32. The van der Waals surface area contributed by atoms with Gasteiger partial charge < -0.3 is 14.8 Å². The molecule has 0 bridgehead atoms. The molecule has 0 heterocycles. The molecule has 0 aliphatic carbocycles. The summed E-state index contributed by atoms with van der Waals surface area (Å²) in [5.41, 5.74) is -0.0131. The molecule has 1 amide bonds. The molecule has 108 valence electrons. The number of amides is 1. The van der Waals surface area contributed by atoms with E-state index in [-0.39, 0.29) is 0 Å². The molecule has 1 N–H and O–H groups in total. The second-order valence-corrected chi connectivity index (χ2v) is 5.88. The maximum absolute atomic E-state index is 11.4. The molecular formula is C14H17BrN2O3. The summed E-state index contributed by atoms with van der Waals surface area (Å²) in [4.78, 5) is 11.4. The fraction of sp³-hybridized carbons (Fsp3) is 0.429. The fourth-order valence-corrected chi connectivity index (χ4v) is 1.65. The highest BCUT2D eigenvalue weighted by atomic mass is 79.9. The predicted molar refractivity (Wildman–Crippen MR) is 78.6 cm³/mol. The Kier molecular flexibility index (Phi) is 5.83. The Hall–Kier alpha value is -1.74. The Labute approximate surface area is 127 Å². The number of benzene rings is 1. The highest BCUT2D eigenvalue weighted by Gasteiger charge is 2.15. The van der Waals surface area contributed by atoms with E-state index < -0.39 is 11.7 Å². The minimum absolute atomic E-state index is 0.297. The van der Waals surface area contributed by atoms with E-state index in [9.17, 15) is 4.79 Å². The number of ether oxygens (including phenoxy) is 2. The standard InChI is InChI=1S/C14H17BrN2O3/c1-14(2,3)20-13(18)17-6-7-19-11-4-5-12(15)10(8-11)9-16/h4-5,8H,6-7H2,1-3H3,(H,17,18). The van der Waals surface area contributed by atoms with E-state index in [0.717, 1.165) is 4.47 Å². The van der Waals surface area contributed by atoms with Crippen molar-refractivity contribution in [1.82, 2.24) is 5.32 Å². The molecule has 0 atom stereocenters. The second-order valence-electron chi connectivity index (χ2n) is 5.03. The molecule has 5 nitrogen and oxygen atoms in total. The number of nitriles is 1. The van der Waals surface area contributed by atoms with Crippen LogP contribution in [0, 0.1) is 11.3 Å². The Morgan fingerprint density at radius 3 is 2.75 bits per heavy atom. The highest BCUT2D eigenvalue weighted by Crippen LogP contribution is 2.21. The lowest BCUT2D eigenvalue weighted by atomic mass is 10.2. The van der Waals surface area contributed by atoms with E-state index >= 15 is 0 Å². The molecule has 1 aromatic rings. The van der Waals surface area contributed by atoms with Crippen molar-refractivity contribution in [2.45, 2.75) is 26.4 Å². The average molecular weight is 341 g/mol. The van der Waals surface area contributed by atoms with Crippen LogP contribution in [0.25, 0.3) is 0 Å². The molecule has 0 spiro atoms. The van der Waals surface area contributed by atoms with E-state index in [0.29, 0.717) is 24.5 Å². The lowest BCUT2D eigenvalue weighted by Gasteiger charge is -2.19. The maximum Gasteiger partial charge on any atom is 0.407 e. The van der Waals surface area contributed by atoms with Crippen molar-refractivity contribution in [2.75, 3.05) is 13.2 Å². The SMILES string of the molecule is CC(C)(C)OC(=O)NCCOc1ccc(Br)c(C#N)c1. The summed E-state index contributed by atoms with van der Waals surface area (Å²) in [5, 5.41) is 11.5. The van der Waals surface area contributed by atoms with Crippen LogP contribution in [0.2, 0.25) is 0 Å². The molecule has 0 aromatic heterocycles. The number of nitrogens with zero attached hydrogens (tertiary/aromatic N) is 1. The van der Waals surface area contributed by atoms with Crippen molar-refractivity contribution in [3.8, 4) is 11.8 Å². The molecule has 0 radical (unpaired) electrons. The van der Waals surface area contributed by atoms with Gasteiger partial charge in [-0.2, -0.15) is 5.26 Å². The van der Waals surface area contributed by atoms with Gasteiger partial charge in [0.2, 0.25) is 0 Å². The number of nitrogens with one attached hydrogen (secondary N) is 1. The molecule has 1 aromatic carbocycles. The van der Waals surface area contributed by atoms with Crippen molar-refractivity contribution in [3.05, 3.63) is 28.2 Å². The zero-order chi connectivity index (χ0) is 15.2. The van der Waals surface area contributed by atoms with Crippen LogP contribution in [0.1, 0.15) is 26.3 Å². The first kappa shape index (κ1) is 16.3. The molecule has 6 heteroatoms. The molecule has 0 fully saturated rings. The zero-order valence-corrected chi connectivity index (χ0v) is 13.3. The van der Waals surface area contributed by atoms with Crippen LogP contribution in [0.4, 0.5) is 4.79 Å². The first-order valence-electron chi connectivity index (χ1n) is 6.11. The highest BCUT2D eigenvalue weighted by molar-refractivity contribution is 9.10. The molecule has 1 rings (SSSR count). The van der Waals surface area contributed by atoms with Gasteiger partial charge >= 0.3 is 6.09 Å². The molecule has 0 aliphatic rings. The normalized spacial score (nSPS) is 10.6. The molecular weight excluding hydrogens is 324 g/mol. The van der Waals surface area contributed by atoms with Gasteiger partial charge in [0, 0.05) is 4.47 Å². The van der Waals surface area contributed by atoms with Crippen molar-refractivity contribution in [3.63, 3.8) is 0 Å². The van der Waals surface area contributed by atoms with Gasteiger partial charge in [-0.1, -0.05) is 0 Å². The van der Waals surface area contributed by atoms with Crippen LogP contribution in [0.5, 0.6) is 5.75 Å². The van der Waals surface area contributed by atoms with Crippen LogP contribution < -0.4 is 10.1 Å². The van der Waals surface area contributed by atoms with E-state index in [4.69, 9.17) is 14.7 Å². The second kappa shape index (κ2) is 7.15. The molecule has 20 heavy (non-hydrogen) atoms. The number of hydrogen-bond donors (Lipinski definition) is 1. The summed E-state index contributed by atoms with van der Waals surface area (Å²) >= 11 is 3.27. The number of halogens is 1. The Morgan fingerprint density at radius 2 is 2.15 bits per heavy atom. The monoisotopic (exact) mass is 340 g/mol. The van der Waals surface area contributed by atoms with Gasteiger partial charge in [-0.05, 0) is 54.9 Å². The molecule has 0 aliphatic heterocycles. The summed E-state index contributed by atoms with van der Waals surface area (Å²) in [6, 6.07) is 7.18. The van der Waals surface area contributed by atoms with Gasteiger partial charge in [0.15, 0.2) is 0 Å². The van der Waals surface area contributed by atoms with Crippen molar-refractivity contribution in [2.24, 2.45) is 0 Å². The van der Waals surface area contributed by atoms with Crippen molar-refractivity contribution in [1.29, 1.82) is 5.26 Å². The number of rotatable bonds is 4. The third-order valence-electron chi connectivity index (χ3n) is 2.10. The van der Waals surface area contributed by atoms with E-state index in [1.165, 1.54) is 0 Å². The summed E-state index contributed by atoms with van der Waals surface area (Å²) in [6.07, 6.45) is -0.477. The predicted octanol–water partition coefficient (Wildman–Crippen LogP) is 3.22. The molecule has 0 saturated carbocycles. The minimum atomic E-state index is -0.516. The van der Waals surface area contributed by atoms with Crippen LogP contribution in [-0.2, 0) is 4.74 Å². The summed E-state index contributed by atoms with van der Waals surface area (Å²) in [5.74, 6) is 0.579. The largest absolute Gasteiger partial charge is 0.492 e. The molecule has 0 unspecified atom stereocenters. The number of hydrogen-bond acceptors (Lipinski definition) is 4. The quantitative estimate of drug-likeness (QED) is 0.854. The lowest BCUT2D eigenvalue weighted by molar-refractivity contribution is 0.0520. The summed E-state index contributed by atoms with van der Waals surface area (Å²) in [6.45, 7) is 6.02. The van der Waals surface area contributed by atoms with E-state index in [1.807, 2.05) is 0 Å². The van der Waals surface area contributed by atoms with E-state index in [1.54, 1.807) is 39.0 Å². The topological polar surface area (TPSA) is 71.3 Å². The van der Waals surface area contributed by atoms with Gasteiger partial charge in [0.05, 0.1) is 12.1 Å². The zero-order valence-electron chi connectivity index (χ0n) is 11.7. The Morgan fingerprint density at radius 1 is 1.45 bits per heavy atom. The van der Waals surface area contributed by atoms with Crippen molar-refractivity contribution >= 4 is 22.0 Å². The summed E-state index contributed by atoms with van der Waals surface area (Å²) < 4.78 is 11.3. The first-order valence-corrected chi connectivity index (χ1v) is 6.90. The van der Waals surface area contributed by atoms with Crippen LogP contribution in [0.3, 0.4) is 0 Å². The van der Waals surface area contributed by atoms with Gasteiger partial charge in [-0.3, -0.25) is 0 Å². The third kappa shape index (κ3) is 5.93. The maximum atomic E-state index is 11.4. The van der Waals surface area contributed by atoms with Gasteiger partial charge in [-0.15, -0.1) is 0 Å². The van der Waals surface area contributed by atoms with Gasteiger partial charge in [-0.25, -0.2) is 4.79 Å². The number of carbonyl (C=O) groups is 1. The first-order chi connectivity index (χ1) is 9.31. The van der Waals surface area contributed by atoms with Gasteiger partial charge in [0.25, 0.3) is 0 Å². The number of carbonyl (C=O) groups excluding carboxylic acids is 1. The van der Waals surface area contributed by atoms with Crippen LogP contribution in [0.15, 0.2) is 22.7 Å². The average Bonchev–Trinajstić information content (AvgIpc) is 2.34. The lowest BCUT2D eigenvalue weighted by Crippen LogP contribution is -2.34. The minimum Gasteiger partial charge on any atom is -0.492 e. The van der Waals surface area contributed by atoms with Crippen LogP contribution in [-0.4, -0.2) is 24.8 Å². The Balaban J connectivity index is 2.35. The van der Waals surface area contributed by atoms with Gasteiger partial charge in [0.1, 0.15) is 24.0 Å². The molecule has 0 saturated heterocycles. The summed E-state index contributed by atoms with van der Waals surface area (Å²) in [7, 11) is 0. The number of alkyl carbamates (subject to hydrolysis) is 1. The van der Waals surface area contributed by atoms with E-state index in [2.05, 4.69) is 27.3 Å².